The van der Waals surface area contributed by atoms with Crippen molar-refractivity contribution in [3.8, 4) is 0 Å². The van der Waals surface area contributed by atoms with Crippen LogP contribution >= 0.6 is 11.8 Å². The minimum absolute atomic E-state index is 0.142. The molecule has 0 aromatic carbocycles. The smallest absolute Gasteiger partial charge is 0.139 e. The molecule has 0 bridgehead atoms. The first-order valence-corrected chi connectivity index (χ1v) is 4.19. The van der Waals surface area contributed by atoms with E-state index >= 15 is 0 Å². The van der Waals surface area contributed by atoms with Gasteiger partial charge in [-0.2, -0.15) is 0 Å². The van der Waals surface area contributed by atoms with Crippen LogP contribution in [-0.2, 0) is 0 Å². The number of aliphatic hydroxyl groups excluding tert-OH is 2. The number of aliphatic hydroxyl groups is 2. The van der Waals surface area contributed by atoms with Crippen LogP contribution in [0, 0.1) is 0 Å². The Hall–Kier alpha value is 0.200. The summed E-state index contributed by atoms with van der Waals surface area (Å²) in [5.74, 6) is 0. The Morgan fingerprint density at radius 3 is 2.40 bits per heavy atom. The molecular weight excluding hydrogens is 155 g/mol. The predicted octanol–water partition coefficient (Wildman–Crippen LogP) is 0.182. The molecule has 4 heteroatoms. The molecule has 1 aliphatic heterocycles. The summed E-state index contributed by atoms with van der Waals surface area (Å²) in [6.07, 6.45) is -2.16. The summed E-state index contributed by atoms with van der Waals surface area (Å²) in [4.78, 5) is 0. The minimum Gasteiger partial charge on any atom is -0.395 e. The molecule has 1 heterocycles. The maximum Gasteiger partial charge on any atom is 0.139 e. The maximum absolute atomic E-state index is 12.8. The van der Waals surface area contributed by atoms with Crippen LogP contribution < -0.4 is 0 Å². The van der Waals surface area contributed by atoms with E-state index in [0.29, 0.717) is 0 Å². The molecule has 1 aliphatic rings. The molecule has 10 heavy (non-hydrogen) atoms. The van der Waals surface area contributed by atoms with Gasteiger partial charge in [-0.25, -0.2) is 4.39 Å². The van der Waals surface area contributed by atoms with Gasteiger partial charge in [0, 0.05) is 5.25 Å². The third-order valence-electron chi connectivity index (χ3n) is 1.73. The van der Waals surface area contributed by atoms with Crippen LogP contribution in [0.1, 0.15) is 6.92 Å². The van der Waals surface area contributed by atoms with E-state index in [0.717, 1.165) is 0 Å². The number of rotatable bonds is 1. The minimum atomic E-state index is -1.18. The average Bonchev–Trinajstić information content (AvgIpc) is 2.17. The van der Waals surface area contributed by atoms with Gasteiger partial charge in [-0.15, -0.1) is 11.8 Å². The highest BCUT2D eigenvalue weighted by Crippen LogP contribution is 2.35. The van der Waals surface area contributed by atoms with Crippen LogP contribution in [0.3, 0.4) is 0 Å². The van der Waals surface area contributed by atoms with E-state index in [1.54, 1.807) is 6.92 Å². The van der Waals surface area contributed by atoms with E-state index in [1.807, 2.05) is 0 Å². The van der Waals surface area contributed by atoms with E-state index in [-0.39, 0.29) is 17.1 Å². The van der Waals surface area contributed by atoms with Gasteiger partial charge in [0.05, 0.1) is 11.9 Å². The Balaban J connectivity index is 2.53. The summed E-state index contributed by atoms with van der Waals surface area (Å²) in [5.41, 5.74) is 0. The summed E-state index contributed by atoms with van der Waals surface area (Å²) in [7, 11) is 0. The fourth-order valence-electron chi connectivity index (χ4n) is 1.07. The average molecular weight is 166 g/mol. The van der Waals surface area contributed by atoms with Crippen molar-refractivity contribution in [2.24, 2.45) is 0 Å². The molecule has 1 saturated heterocycles. The van der Waals surface area contributed by atoms with Crippen molar-refractivity contribution in [2.75, 3.05) is 6.61 Å². The van der Waals surface area contributed by atoms with Crippen LogP contribution in [-0.4, -0.2) is 39.6 Å². The Morgan fingerprint density at radius 2 is 2.20 bits per heavy atom. The summed E-state index contributed by atoms with van der Waals surface area (Å²) in [5, 5.41) is 17.2. The number of alkyl halides is 1. The van der Waals surface area contributed by atoms with E-state index < -0.39 is 12.3 Å². The molecular formula is C6H11FO2S. The van der Waals surface area contributed by atoms with Crippen LogP contribution in [0.5, 0.6) is 0 Å². The second-order valence-corrected chi connectivity index (χ2v) is 4.12. The lowest BCUT2D eigenvalue weighted by atomic mass is 10.1. The van der Waals surface area contributed by atoms with Gasteiger partial charge < -0.3 is 10.2 Å². The standard InChI is InChI=1S/C6H11FO2S/c1-3-5(7)6(9)4(2-8)10-3/h3-6,8-9H,2H2,1H3/t3-,4+,5+,6?/m0/s1. The van der Waals surface area contributed by atoms with Crippen molar-refractivity contribution in [3.05, 3.63) is 0 Å². The largest absolute Gasteiger partial charge is 0.395 e. The number of hydrogen-bond acceptors (Lipinski definition) is 3. The maximum atomic E-state index is 12.8. The quantitative estimate of drug-likeness (QED) is 0.584. The molecule has 0 aromatic rings. The van der Waals surface area contributed by atoms with Gasteiger partial charge >= 0.3 is 0 Å². The lowest BCUT2D eigenvalue weighted by Crippen LogP contribution is -2.29. The molecule has 0 saturated carbocycles. The number of hydrogen-bond donors (Lipinski definition) is 2. The van der Waals surface area contributed by atoms with Crippen molar-refractivity contribution in [3.63, 3.8) is 0 Å². The molecule has 2 N–H and O–H groups in total. The highest BCUT2D eigenvalue weighted by Gasteiger charge is 2.40. The van der Waals surface area contributed by atoms with E-state index in [1.165, 1.54) is 11.8 Å². The molecule has 2 nitrogen and oxygen atoms in total. The SMILES string of the molecule is C[C@@H]1S[C@H](CO)C(O)[C@@H]1F. The zero-order valence-corrected chi connectivity index (χ0v) is 6.51. The topological polar surface area (TPSA) is 40.5 Å². The van der Waals surface area contributed by atoms with Crippen LogP contribution in [0.25, 0.3) is 0 Å². The molecule has 0 aliphatic carbocycles. The second kappa shape index (κ2) is 3.07. The lowest BCUT2D eigenvalue weighted by molar-refractivity contribution is 0.0733. The zero-order valence-electron chi connectivity index (χ0n) is 5.70. The van der Waals surface area contributed by atoms with Gasteiger partial charge in [-0.3, -0.25) is 0 Å². The lowest BCUT2D eigenvalue weighted by Gasteiger charge is -2.09. The zero-order chi connectivity index (χ0) is 7.72. The van der Waals surface area contributed by atoms with Gasteiger partial charge in [0.1, 0.15) is 12.3 Å². The van der Waals surface area contributed by atoms with Crippen molar-refractivity contribution < 1.29 is 14.6 Å². The highest BCUT2D eigenvalue weighted by atomic mass is 32.2. The number of thioether (sulfide) groups is 1. The summed E-state index contributed by atoms with van der Waals surface area (Å²) in [6, 6.07) is 0. The fraction of sp³-hybridized carbons (Fsp3) is 1.00. The Labute approximate surface area is 63.4 Å². The first-order chi connectivity index (χ1) is 4.66. The van der Waals surface area contributed by atoms with E-state index in [4.69, 9.17) is 10.2 Å². The van der Waals surface area contributed by atoms with Crippen molar-refractivity contribution >= 4 is 11.8 Å². The van der Waals surface area contributed by atoms with E-state index in [2.05, 4.69) is 0 Å². The van der Waals surface area contributed by atoms with Gasteiger partial charge in [0.2, 0.25) is 0 Å². The third-order valence-corrected chi connectivity index (χ3v) is 3.19. The molecule has 1 fully saturated rings. The third kappa shape index (κ3) is 1.28. The molecule has 0 spiro atoms. The number of halogens is 1. The van der Waals surface area contributed by atoms with Gasteiger partial charge in [0.25, 0.3) is 0 Å². The molecule has 0 amide bonds. The van der Waals surface area contributed by atoms with E-state index in [9.17, 15) is 4.39 Å². The Bertz CT molecular complexity index is 122. The Morgan fingerprint density at radius 1 is 1.60 bits per heavy atom. The first kappa shape index (κ1) is 8.30. The normalized spacial score (nSPS) is 48.0. The van der Waals surface area contributed by atoms with Crippen LogP contribution in [0.4, 0.5) is 4.39 Å². The van der Waals surface area contributed by atoms with Crippen LogP contribution in [0.15, 0.2) is 0 Å². The van der Waals surface area contributed by atoms with Crippen LogP contribution in [0.2, 0.25) is 0 Å². The fourth-order valence-corrected chi connectivity index (χ4v) is 2.32. The summed E-state index contributed by atoms with van der Waals surface area (Å²) < 4.78 is 12.8. The molecule has 1 rings (SSSR count). The molecule has 4 atom stereocenters. The summed E-state index contributed by atoms with van der Waals surface area (Å²) >= 11 is 1.31. The molecule has 0 radical (unpaired) electrons. The van der Waals surface area contributed by atoms with Crippen molar-refractivity contribution in [2.45, 2.75) is 29.7 Å². The van der Waals surface area contributed by atoms with Gasteiger partial charge in [0.15, 0.2) is 0 Å². The molecule has 0 aromatic heterocycles. The van der Waals surface area contributed by atoms with Crippen molar-refractivity contribution in [1.29, 1.82) is 0 Å². The highest BCUT2D eigenvalue weighted by molar-refractivity contribution is 8.00. The van der Waals surface area contributed by atoms with Gasteiger partial charge in [-0.05, 0) is 0 Å². The molecule has 1 unspecified atom stereocenters. The summed E-state index contributed by atoms with van der Waals surface area (Å²) in [6.45, 7) is 1.57. The van der Waals surface area contributed by atoms with Crippen molar-refractivity contribution in [1.82, 2.24) is 0 Å². The second-order valence-electron chi connectivity index (χ2n) is 2.50. The predicted molar refractivity (Wildman–Crippen MR) is 38.8 cm³/mol. The monoisotopic (exact) mass is 166 g/mol. The Kier molecular flexibility index (Phi) is 2.55. The molecule has 60 valence electrons. The first-order valence-electron chi connectivity index (χ1n) is 3.25. The van der Waals surface area contributed by atoms with Gasteiger partial charge in [-0.1, -0.05) is 6.92 Å².